The Labute approximate surface area is 112 Å². The third kappa shape index (κ3) is 3.27. The fourth-order valence-corrected chi connectivity index (χ4v) is 2.87. The van der Waals surface area contributed by atoms with Crippen LogP contribution in [0.2, 0.25) is 10.0 Å². The maximum atomic E-state index is 9.50. The van der Waals surface area contributed by atoms with Crippen molar-refractivity contribution in [3.63, 3.8) is 0 Å². The minimum Gasteiger partial charge on any atom is -0.505 e. The molecule has 0 atom stereocenters. The molecule has 4 heteroatoms. The number of hydrogen-bond acceptors (Lipinski definition) is 2. The molecule has 94 valence electrons. The molecule has 1 N–H and O–H groups in total. The molecule has 1 aromatic rings. The topological polar surface area (TPSA) is 23.5 Å². The number of rotatable bonds is 2. The molecule has 0 saturated carbocycles. The van der Waals surface area contributed by atoms with Crippen molar-refractivity contribution in [2.24, 2.45) is 5.92 Å². The number of hydrogen-bond donors (Lipinski definition) is 1. The number of nitrogens with zero attached hydrogens (tertiary/aromatic N) is 1. The lowest BCUT2D eigenvalue weighted by molar-refractivity contribution is 0.219. The van der Waals surface area contributed by atoms with Crippen LogP contribution in [0.4, 0.5) is 0 Å². The number of benzene rings is 1. The first-order valence-corrected chi connectivity index (χ1v) is 6.67. The molecule has 0 bridgehead atoms. The third-order valence-corrected chi connectivity index (χ3v) is 4.02. The van der Waals surface area contributed by atoms with Crippen molar-refractivity contribution < 1.29 is 5.11 Å². The van der Waals surface area contributed by atoms with E-state index < -0.39 is 0 Å². The lowest BCUT2D eigenvalue weighted by Crippen LogP contribution is -2.30. The number of phenols is 1. The molecular formula is C13H17Cl2NO. The first kappa shape index (κ1) is 13.0. The van der Waals surface area contributed by atoms with E-state index in [4.69, 9.17) is 23.2 Å². The van der Waals surface area contributed by atoms with E-state index in [1.54, 1.807) is 0 Å². The summed E-state index contributed by atoms with van der Waals surface area (Å²) < 4.78 is 0. The summed E-state index contributed by atoms with van der Waals surface area (Å²) in [7, 11) is 2.16. The van der Waals surface area contributed by atoms with E-state index in [9.17, 15) is 5.11 Å². The predicted molar refractivity (Wildman–Crippen MR) is 72.1 cm³/mol. The zero-order chi connectivity index (χ0) is 12.4. The van der Waals surface area contributed by atoms with Crippen LogP contribution in [0.15, 0.2) is 12.1 Å². The Morgan fingerprint density at radius 1 is 1.24 bits per heavy atom. The molecule has 2 rings (SSSR count). The van der Waals surface area contributed by atoms with E-state index in [2.05, 4.69) is 11.9 Å². The van der Waals surface area contributed by atoms with Crippen molar-refractivity contribution in [2.45, 2.75) is 19.3 Å². The summed E-state index contributed by atoms with van der Waals surface area (Å²) >= 11 is 11.8. The van der Waals surface area contributed by atoms with Crippen molar-refractivity contribution in [1.82, 2.24) is 4.90 Å². The van der Waals surface area contributed by atoms with Gasteiger partial charge in [0.1, 0.15) is 0 Å². The van der Waals surface area contributed by atoms with Crippen molar-refractivity contribution in [3.05, 3.63) is 27.7 Å². The van der Waals surface area contributed by atoms with Crippen LogP contribution in [0.5, 0.6) is 5.75 Å². The Hall–Kier alpha value is -0.440. The van der Waals surface area contributed by atoms with Crippen molar-refractivity contribution >= 4 is 23.2 Å². The van der Waals surface area contributed by atoms with Crippen molar-refractivity contribution in [1.29, 1.82) is 0 Å². The molecule has 0 radical (unpaired) electrons. The molecule has 0 unspecified atom stereocenters. The smallest absolute Gasteiger partial charge is 0.152 e. The van der Waals surface area contributed by atoms with Crippen LogP contribution in [0.25, 0.3) is 0 Å². The molecular weight excluding hydrogens is 257 g/mol. The summed E-state index contributed by atoms with van der Waals surface area (Å²) in [6, 6.07) is 3.64. The van der Waals surface area contributed by atoms with Gasteiger partial charge in [-0.3, -0.25) is 0 Å². The van der Waals surface area contributed by atoms with Gasteiger partial charge in [0.2, 0.25) is 0 Å². The fraction of sp³-hybridized carbons (Fsp3) is 0.538. The van der Waals surface area contributed by atoms with Crippen LogP contribution in [0.1, 0.15) is 18.4 Å². The number of phenolic OH excluding ortho intramolecular Hbond substituents is 1. The maximum Gasteiger partial charge on any atom is 0.152 e. The van der Waals surface area contributed by atoms with Crippen LogP contribution in [-0.2, 0) is 6.42 Å². The van der Waals surface area contributed by atoms with Gasteiger partial charge in [-0.15, -0.1) is 0 Å². The largest absolute Gasteiger partial charge is 0.505 e. The standard InChI is InChI=1S/C13H17Cl2NO/c1-16-4-2-9(3-5-16)6-10-7-11(14)13(17)12(15)8-10/h7-9,17H,2-6H2,1H3. The SMILES string of the molecule is CN1CCC(Cc2cc(Cl)c(O)c(Cl)c2)CC1. The highest BCUT2D eigenvalue weighted by atomic mass is 35.5. The number of halogens is 2. The summed E-state index contributed by atoms with van der Waals surface area (Å²) in [5.41, 5.74) is 1.12. The number of aromatic hydroxyl groups is 1. The van der Waals surface area contributed by atoms with Gasteiger partial charge in [0.15, 0.2) is 5.75 Å². The Bertz CT molecular complexity index is 377. The second-order valence-electron chi connectivity index (χ2n) is 4.86. The second-order valence-corrected chi connectivity index (χ2v) is 5.67. The number of piperidine rings is 1. The molecule has 0 amide bonds. The summed E-state index contributed by atoms with van der Waals surface area (Å²) in [4.78, 5) is 2.35. The Balaban J connectivity index is 2.04. The van der Waals surface area contributed by atoms with Gasteiger partial charge in [0.05, 0.1) is 10.0 Å². The van der Waals surface area contributed by atoms with Gasteiger partial charge in [-0.2, -0.15) is 0 Å². The minimum atomic E-state index is -0.0135. The van der Waals surface area contributed by atoms with E-state index in [-0.39, 0.29) is 5.75 Å². The highest BCUT2D eigenvalue weighted by molar-refractivity contribution is 6.37. The fourth-order valence-electron chi connectivity index (χ4n) is 2.34. The predicted octanol–water partition coefficient (Wildman–Crippen LogP) is 3.58. The quantitative estimate of drug-likeness (QED) is 0.891. The molecule has 1 fully saturated rings. The van der Waals surface area contributed by atoms with Crippen LogP contribution < -0.4 is 0 Å². The van der Waals surface area contributed by atoms with Crippen LogP contribution in [0, 0.1) is 5.92 Å². The second kappa shape index (κ2) is 5.47. The monoisotopic (exact) mass is 273 g/mol. The minimum absolute atomic E-state index is 0.0135. The molecule has 2 nitrogen and oxygen atoms in total. The van der Waals surface area contributed by atoms with Gasteiger partial charge < -0.3 is 10.0 Å². The normalized spacial score (nSPS) is 18.5. The first-order valence-electron chi connectivity index (χ1n) is 5.91. The molecule has 0 aromatic heterocycles. The molecule has 17 heavy (non-hydrogen) atoms. The third-order valence-electron chi connectivity index (χ3n) is 3.44. The zero-order valence-corrected chi connectivity index (χ0v) is 11.4. The van der Waals surface area contributed by atoms with Gasteiger partial charge in [-0.1, -0.05) is 23.2 Å². The maximum absolute atomic E-state index is 9.50. The van der Waals surface area contributed by atoms with Gasteiger partial charge >= 0.3 is 0 Å². The first-order chi connectivity index (χ1) is 8.06. The highest BCUT2D eigenvalue weighted by Gasteiger charge is 2.18. The molecule has 1 aliphatic rings. The van der Waals surface area contributed by atoms with E-state index in [1.807, 2.05) is 12.1 Å². The molecule has 1 aromatic carbocycles. The van der Waals surface area contributed by atoms with E-state index >= 15 is 0 Å². The summed E-state index contributed by atoms with van der Waals surface area (Å²) in [5.74, 6) is 0.684. The highest BCUT2D eigenvalue weighted by Crippen LogP contribution is 2.34. The van der Waals surface area contributed by atoms with Gasteiger partial charge in [0.25, 0.3) is 0 Å². The van der Waals surface area contributed by atoms with Crippen molar-refractivity contribution in [2.75, 3.05) is 20.1 Å². The average molecular weight is 274 g/mol. The molecule has 0 spiro atoms. The number of likely N-dealkylation sites (tertiary alicyclic amines) is 1. The van der Waals surface area contributed by atoms with E-state index in [1.165, 1.54) is 12.8 Å². The van der Waals surface area contributed by atoms with Gasteiger partial charge in [-0.25, -0.2) is 0 Å². The zero-order valence-electron chi connectivity index (χ0n) is 9.92. The molecule has 0 aliphatic carbocycles. The molecule has 1 aliphatic heterocycles. The lowest BCUT2D eigenvalue weighted by atomic mass is 9.90. The van der Waals surface area contributed by atoms with E-state index in [0.717, 1.165) is 25.1 Å². The van der Waals surface area contributed by atoms with Gasteiger partial charge in [0, 0.05) is 0 Å². The summed E-state index contributed by atoms with van der Waals surface area (Å²) in [5, 5.41) is 10.2. The summed E-state index contributed by atoms with van der Waals surface area (Å²) in [6.45, 7) is 2.31. The van der Waals surface area contributed by atoms with Crippen LogP contribution in [0.3, 0.4) is 0 Å². The van der Waals surface area contributed by atoms with Gasteiger partial charge in [-0.05, 0) is 63.0 Å². The van der Waals surface area contributed by atoms with E-state index in [0.29, 0.717) is 16.0 Å². The summed E-state index contributed by atoms with van der Waals surface area (Å²) in [6.07, 6.45) is 3.42. The lowest BCUT2D eigenvalue weighted by Gasteiger charge is -2.29. The van der Waals surface area contributed by atoms with Crippen LogP contribution >= 0.6 is 23.2 Å². The van der Waals surface area contributed by atoms with Crippen LogP contribution in [-0.4, -0.2) is 30.1 Å². The van der Waals surface area contributed by atoms with Crippen molar-refractivity contribution in [3.8, 4) is 5.75 Å². The Kier molecular flexibility index (Phi) is 4.18. The molecule has 1 saturated heterocycles. The Morgan fingerprint density at radius 3 is 2.29 bits per heavy atom. The Morgan fingerprint density at radius 2 is 1.76 bits per heavy atom. The average Bonchev–Trinajstić information content (AvgIpc) is 2.29. The molecule has 1 heterocycles.